The quantitative estimate of drug-likeness (QED) is 0.671. The van der Waals surface area contributed by atoms with Crippen molar-refractivity contribution in [2.24, 2.45) is 0 Å². The molecule has 5 nitrogen and oxygen atoms in total. The second-order valence-electron chi connectivity index (χ2n) is 5.05. The Morgan fingerprint density at radius 1 is 1.20 bits per heavy atom. The average Bonchev–Trinajstić information content (AvgIpc) is 2.60. The molecule has 2 aromatic rings. The van der Waals surface area contributed by atoms with Gasteiger partial charge in [0.2, 0.25) is 0 Å². The minimum atomic E-state index is -3.96. The first-order valence-corrected chi connectivity index (χ1v) is 9.08. The zero-order valence-electron chi connectivity index (χ0n) is 14.1. The maximum absolute atomic E-state index is 13.9. The number of ether oxygens (including phenoxy) is 2. The summed E-state index contributed by atoms with van der Waals surface area (Å²) in [5.74, 6) is -0.123. The van der Waals surface area contributed by atoms with Crippen LogP contribution in [-0.4, -0.2) is 28.7 Å². The van der Waals surface area contributed by atoms with E-state index >= 15 is 0 Å². The maximum atomic E-state index is 13.9. The zero-order valence-corrected chi connectivity index (χ0v) is 14.9. The Labute approximate surface area is 147 Å². The molecule has 0 spiro atoms. The minimum Gasteiger partial charge on any atom is -0.494 e. The maximum Gasteiger partial charge on any atom is 0.264 e. The third-order valence-corrected chi connectivity index (χ3v) is 5.23. The van der Waals surface area contributed by atoms with Crippen LogP contribution in [-0.2, 0) is 10.0 Å². The fourth-order valence-electron chi connectivity index (χ4n) is 2.27. The molecular weight excluding hydrogens is 345 g/mol. The van der Waals surface area contributed by atoms with Crippen LogP contribution in [0, 0.1) is 5.82 Å². The molecule has 2 rings (SSSR count). The molecule has 0 saturated carbocycles. The first-order chi connectivity index (χ1) is 11.9. The summed E-state index contributed by atoms with van der Waals surface area (Å²) in [5, 5.41) is 0. The smallest absolute Gasteiger partial charge is 0.264 e. The highest BCUT2D eigenvalue weighted by molar-refractivity contribution is 7.92. The molecule has 0 unspecified atom stereocenters. The van der Waals surface area contributed by atoms with Gasteiger partial charge in [-0.25, -0.2) is 12.8 Å². The lowest BCUT2D eigenvalue weighted by molar-refractivity contribution is 0.340. The van der Waals surface area contributed by atoms with Crippen molar-refractivity contribution in [2.75, 3.05) is 24.6 Å². The van der Waals surface area contributed by atoms with Crippen LogP contribution in [0.3, 0.4) is 0 Å². The van der Waals surface area contributed by atoms with E-state index in [-0.39, 0.29) is 17.2 Å². The first-order valence-electron chi connectivity index (χ1n) is 7.64. The summed E-state index contributed by atoms with van der Waals surface area (Å²) < 4.78 is 51.1. The second-order valence-corrected chi connectivity index (χ2v) is 6.91. The first kappa shape index (κ1) is 18.8. The van der Waals surface area contributed by atoms with E-state index in [0.29, 0.717) is 18.0 Å². The summed E-state index contributed by atoms with van der Waals surface area (Å²) in [4.78, 5) is -0.165. The van der Waals surface area contributed by atoms with Crippen LogP contribution in [0.15, 0.2) is 60.0 Å². The Morgan fingerprint density at radius 2 is 1.88 bits per heavy atom. The van der Waals surface area contributed by atoms with Gasteiger partial charge in [0, 0.05) is 0 Å². The van der Waals surface area contributed by atoms with Gasteiger partial charge in [0.25, 0.3) is 10.0 Å². The molecule has 0 bridgehead atoms. The van der Waals surface area contributed by atoms with Crippen molar-refractivity contribution in [2.45, 2.75) is 11.8 Å². The summed E-state index contributed by atoms with van der Waals surface area (Å²) in [6.45, 7) is 6.02. The Bertz CT molecular complexity index is 835. The SMILES string of the molecule is C=CCN(c1ccc(OCC)cc1)S(=O)(=O)c1ccc(OC)c(F)c1. The highest BCUT2D eigenvalue weighted by atomic mass is 32.2. The third kappa shape index (κ3) is 4.11. The molecule has 0 radical (unpaired) electrons. The molecule has 0 amide bonds. The molecule has 0 aliphatic rings. The Hall–Kier alpha value is -2.54. The van der Waals surface area contributed by atoms with E-state index < -0.39 is 15.8 Å². The molecule has 0 atom stereocenters. The number of sulfonamides is 1. The van der Waals surface area contributed by atoms with Crippen molar-refractivity contribution in [1.29, 1.82) is 0 Å². The van der Waals surface area contributed by atoms with Gasteiger partial charge in [0.15, 0.2) is 11.6 Å². The summed E-state index contributed by atoms with van der Waals surface area (Å²) in [7, 11) is -2.65. The van der Waals surface area contributed by atoms with Gasteiger partial charge in [-0.05, 0) is 49.4 Å². The van der Waals surface area contributed by atoms with Crippen molar-refractivity contribution in [3.63, 3.8) is 0 Å². The van der Waals surface area contributed by atoms with E-state index in [1.54, 1.807) is 24.3 Å². The molecule has 0 heterocycles. The monoisotopic (exact) mass is 365 g/mol. The highest BCUT2D eigenvalue weighted by Gasteiger charge is 2.25. The van der Waals surface area contributed by atoms with Crippen molar-refractivity contribution < 1.29 is 22.3 Å². The van der Waals surface area contributed by atoms with Crippen LogP contribution >= 0.6 is 0 Å². The number of hydrogen-bond donors (Lipinski definition) is 0. The Kier molecular flexibility index (Phi) is 6.03. The number of hydrogen-bond acceptors (Lipinski definition) is 4. The number of anilines is 1. The topological polar surface area (TPSA) is 55.8 Å². The van der Waals surface area contributed by atoms with Crippen LogP contribution < -0.4 is 13.8 Å². The molecule has 0 fully saturated rings. The highest BCUT2D eigenvalue weighted by Crippen LogP contribution is 2.28. The van der Waals surface area contributed by atoms with Crippen molar-refractivity contribution >= 4 is 15.7 Å². The molecule has 0 N–H and O–H groups in total. The molecule has 0 aliphatic carbocycles. The summed E-state index contributed by atoms with van der Waals surface area (Å²) in [5.41, 5.74) is 0.430. The van der Waals surface area contributed by atoms with Crippen molar-refractivity contribution in [1.82, 2.24) is 0 Å². The van der Waals surface area contributed by atoms with Gasteiger partial charge in [-0.3, -0.25) is 4.31 Å². The molecule has 134 valence electrons. The van der Waals surface area contributed by atoms with E-state index in [4.69, 9.17) is 9.47 Å². The molecule has 7 heteroatoms. The average molecular weight is 365 g/mol. The van der Waals surface area contributed by atoms with Gasteiger partial charge in [-0.2, -0.15) is 0 Å². The van der Waals surface area contributed by atoms with Gasteiger partial charge < -0.3 is 9.47 Å². The fraction of sp³-hybridized carbons (Fsp3) is 0.222. The summed E-state index contributed by atoms with van der Waals surface area (Å²) in [6.07, 6.45) is 1.47. The van der Waals surface area contributed by atoms with E-state index in [0.717, 1.165) is 10.4 Å². The molecule has 0 saturated heterocycles. The number of nitrogens with zero attached hydrogens (tertiary/aromatic N) is 1. The zero-order chi connectivity index (χ0) is 18.4. The largest absolute Gasteiger partial charge is 0.494 e. The summed E-state index contributed by atoms with van der Waals surface area (Å²) >= 11 is 0. The molecule has 0 aliphatic heterocycles. The fourth-order valence-corrected chi connectivity index (χ4v) is 3.72. The van der Waals surface area contributed by atoms with Gasteiger partial charge >= 0.3 is 0 Å². The Morgan fingerprint density at radius 3 is 2.40 bits per heavy atom. The van der Waals surface area contributed by atoms with Crippen LogP contribution in [0.25, 0.3) is 0 Å². The lowest BCUT2D eigenvalue weighted by Gasteiger charge is -2.23. The van der Waals surface area contributed by atoms with Crippen LogP contribution in [0.4, 0.5) is 10.1 Å². The van der Waals surface area contributed by atoms with Gasteiger partial charge in [0.1, 0.15) is 5.75 Å². The lowest BCUT2D eigenvalue weighted by atomic mass is 10.3. The lowest BCUT2D eigenvalue weighted by Crippen LogP contribution is -2.31. The van der Waals surface area contributed by atoms with Crippen LogP contribution in [0.5, 0.6) is 11.5 Å². The van der Waals surface area contributed by atoms with E-state index in [1.165, 1.54) is 25.3 Å². The van der Waals surface area contributed by atoms with Crippen molar-refractivity contribution in [3.8, 4) is 11.5 Å². The standard InChI is InChI=1S/C18H20FNO4S/c1-4-12-20(14-6-8-15(9-7-14)24-5-2)25(21,22)16-10-11-18(23-3)17(19)13-16/h4,6-11,13H,1,5,12H2,2-3H3. The molecular formula is C18H20FNO4S. The van der Waals surface area contributed by atoms with E-state index in [1.807, 2.05) is 6.92 Å². The van der Waals surface area contributed by atoms with Gasteiger partial charge in [0.05, 0.1) is 30.8 Å². The number of methoxy groups -OCH3 is 1. The second kappa shape index (κ2) is 8.02. The van der Waals surface area contributed by atoms with Crippen LogP contribution in [0.1, 0.15) is 6.92 Å². The van der Waals surface area contributed by atoms with Crippen molar-refractivity contribution in [3.05, 3.63) is 60.9 Å². The van der Waals surface area contributed by atoms with Crippen LogP contribution in [0.2, 0.25) is 0 Å². The number of benzene rings is 2. The van der Waals surface area contributed by atoms with Gasteiger partial charge in [-0.15, -0.1) is 6.58 Å². The van der Waals surface area contributed by atoms with E-state index in [9.17, 15) is 12.8 Å². The normalized spacial score (nSPS) is 11.0. The predicted molar refractivity (Wildman–Crippen MR) is 95.3 cm³/mol. The third-order valence-electron chi connectivity index (χ3n) is 3.44. The number of halogens is 1. The summed E-state index contributed by atoms with van der Waals surface area (Å²) in [6, 6.07) is 10.2. The molecule has 25 heavy (non-hydrogen) atoms. The minimum absolute atomic E-state index is 0.0183. The molecule has 2 aromatic carbocycles. The predicted octanol–water partition coefficient (Wildman–Crippen LogP) is 3.61. The van der Waals surface area contributed by atoms with Gasteiger partial charge in [-0.1, -0.05) is 6.08 Å². The molecule has 0 aromatic heterocycles. The Balaban J connectivity index is 2.43. The van der Waals surface area contributed by atoms with E-state index in [2.05, 4.69) is 6.58 Å². The number of rotatable bonds is 8.